The molecular formula is C43H56N2O10. The van der Waals surface area contributed by atoms with Gasteiger partial charge in [-0.1, -0.05) is 74.5 Å². The lowest BCUT2D eigenvalue weighted by Gasteiger charge is -2.39. The zero-order valence-corrected chi connectivity index (χ0v) is 32.4. The standard InChI is InChI=1S/C22H29NO5.C21H27NO5/c1-4-22(23(2)3,19-8-6-5-7-9-19)15-28-21(27)16-10-17(12-24)20(14-26)18(11-16)13-25;1-3-21(22-2,18-7-5-4-6-8-18)14-27-20(26)15-9-16(11-23)19(13-25)17(10-15)12-24/h5-11,24-26H,4,12-15H2,1-3H3;4-10,22-25H,3,11-14H2,1-2H3. The predicted octanol–water partition coefficient (Wildman–Crippen LogP) is 4.03. The second-order valence-electron chi connectivity index (χ2n) is 13.3. The molecule has 2 atom stereocenters. The molecule has 55 heavy (non-hydrogen) atoms. The van der Waals surface area contributed by atoms with Crippen molar-refractivity contribution in [3.63, 3.8) is 0 Å². The Bertz CT molecular complexity index is 1760. The maximum Gasteiger partial charge on any atom is 0.338 e. The maximum atomic E-state index is 12.7. The van der Waals surface area contributed by atoms with Gasteiger partial charge in [0, 0.05) is 0 Å². The minimum atomic E-state index is -0.548. The average molecular weight is 761 g/mol. The van der Waals surface area contributed by atoms with Crippen LogP contribution in [0.1, 0.15) is 91.9 Å². The zero-order chi connectivity index (χ0) is 40.6. The summed E-state index contributed by atoms with van der Waals surface area (Å²) in [5, 5.41) is 60.3. The van der Waals surface area contributed by atoms with Crippen molar-refractivity contribution < 1.29 is 49.7 Å². The van der Waals surface area contributed by atoms with Gasteiger partial charge >= 0.3 is 11.9 Å². The molecular weight excluding hydrogens is 704 g/mol. The van der Waals surface area contributed by atoms with Gasteiger partial charge in [0.25, 0.3) is 0 Å². The van der Waals surface area contributed by atoms with Gasteiger partial charge in [0.1, 0.15) is 13.2 Å². The Balaban J connectivity index is 0.000000296. The third-order valence-corrected chi connectivity index (χ3v) is 10.4. The normalized spacial score (nSPS) is 13.3. The highest BCUT2D eigenvalue weighted by Crippen LogP contribution is 2.31. The minimum absolute atomic E-state index is 0.132. The number of nitrogens with one attached hydrogen (secondary N) is 1. The Kier molecular flexibility index (Phi) is 17.6. The zero-order valence-electron chi connectivity index (χ0n) is 32.4. The molecule has 0 fully saturated rings. The lowest BCUT2D eigenvalue weighted by atomic mass is 9.86. The topological polar surface area (TPSA) is 189 Å². The van der Waals surface area contributed by atoms with E-state index in [-0.39, 0.29) is 64.0 Å². The number of hydrogen-bond acceptors (Lipinski definition) is 12. The molecule has 12 nitrogen and oxygen atoms in total. The monoisotopic (exact) mass is 760 g/mol. The lowest BCUT2D eigenvalue weighted by Crippen LogP contribution is -2.45. The summed E-state index contributed by atoms with van der Waals surface area (Å²) in [5.74, 6) is -1.09. The molecule has 0 saturated carbocycles. The summed E-state index contributed by atoms with van der Waals surface area (Å²) < 4.78 is 11.2. The molecule has 0 saturated heterocycles. The van der Waals surface area contributed by atoms with Crippen molar-refractivity contribution in [1.29, 1.82) is 0 Å². The van der Waals surface area contributed by atoms with Gasteiger partial charge in [-0.15, -0.1) is 0 Å². The largest absolute Gasteiger partial charge is 0.460 e. The fourth-order valence-corrected chi connectivity index (χ4v) is 6.72. The number of nitrogens with zero attached hydrogens (tertiary/aromatic N) is 1. The number of ether oxygens (including phenoxy) is 2. The first-order valence-corrected chi connectivity index (χ1v) is 18.2. The van der Waals surface area contributed by atoms with Crippen LogP contribution in [0, 0.1) is 0 Å². The molecule has 0 spiro atoms. The SMILES string of the molecule is CCC(COC(=O)c1cc(CO)c(CO)c(CO)c1)(NC)c1ccccc1.CCC(COC(=O)c1cc(CO)c(CO)c(CO)c1)(c1ccccc1)N(C)C. The molecule has 7 N–H and O–H groups in total. The summed E-state index contributed by atoms with van der Waals surface area (Å²) >= 11 is 0. The van der Waals surface area contributed by atoms with E-state index in [9.17, 15) is 40.2 Å². The second kappa shape index (κ2) is 21.6. The van der Waals surface area contributed by atoms with E-state index >= 15 is 0 Å². The Labute approximate surface area is 323 Å². The Morgan fingerprint density at radius 2 is 0.964 bits per heavy atom. The van der Waals surface area contributed by atoms with Crippen LogP contribution in [0.3, 0.4) is 0 Å². The number of likely N-dealkylation sites (N-methyl/N-ethyl adjacent to an activating group) is 2. The first kappa shape index (κ1) is 44.9. The van der Waals surface area contributed by atoms with E-state index in [2.05, 4.69) is 5.32 Å². The number of carbonyl (C=O) groups is 2. The van der Waals surface area contributed by atoms with Crippen molar-refractivity contribution in [1.82, 2.24) is 10.2 Å². The lowest BCUT2D eigenvalue weighted by molar-refractivity contribution is 0.0119. The van der Waals surface area contributed by atoms with Crippen LogP contribution >= 0.6 is 0 Å². The van der Waals surface area contributed by atoms with Crippen LogP contribution in [-0.2, 0) is 60.2 Å². The van der Waals surface area contributed by atoms with E-state index in [0.29, 0.717) is 39.8 Å². The maximum absolute atomic E-state index is 12.7. The van der Waals surface area contributed by atoms with Gasteiger partial charge in [-0.25, -0.2) is 9.59 Å². The van der Waals surface area contributed by atoms with Crippen molar-refractivity contribution in [3.8, 4) is 0 Å². The second-order valence-corrected chi connectivity index (χ2v) is 13.3. The smallest absolute Gasteiger partial charge is 0.338 e. The van der Waals surface area contributed by atoms with Gasteiger partial charge in [-0.2, -0.15) is 0 Å². The number of carbonyl (C=O) groups excluding carboxylic acids is 2. The van der Waals surface area contributed by atoms with E-state index < -0.39 is 23.0 Å². The van der Waals surface area contributed by atoms with Crippen LogP contribution < -0.4 is 5.32 Å². The van der Waals surface area contributed by atoms with Gasteiger partial charge in [0.05, 0.1) is 61.8 Å². The van der Waals surface area contributed by atoms with Gasteiger partial charge in [-0.05, 0) is 103 Å². The number of aliphatic hydroxyl groups excluding tert-OH is 6. The summed E-state index contributed by atoms with van der Waals surface area (Å²) in [6, 6.07) is 25.6. The first-order valence-electron chi connectivity index (χ1n) is 18.2. The third-order valence-electron chi connectivity index (χ3n) is 10.4. The van der Waals surface area contributed by atoms with Crippen LogP contribution in [0.4, 0.5) is 0 Å². The van der Waals surface area contributed by atoms with Crippen molar-refractivity contribution in [3.05, 3.63) is 141 Å². The summed E-state index contributed by atoms with van der Waals surface area (Å²) in [6.07, 6.45) is 1.46. The number of benzene rings is 4. The highest BCUT2D eigenvalue weighted by atomic mass is 16.5. The number of esters is 2. The van der Waals surface area contributed by atoms with Crippen LogP contribution in [0.15, 0.2) is 84.9 Å². The van der Waals surface area contributed by atoms with E-state index in [1.807, 2.05) is 101 Å². The number of aliphatic hydroxyl groups is 6. The summed E-state index contributed by atoms with van der Waals surface area (Å²) in [6.45, 7) is 2.33. The van der Waals surface area contributed by atoms with Crippen molar-refractivity contribution in [2.75, 3.05) is 34.4 Å². The molecule has 298 valence electrons. The molecule has 0 aliphatic carbocycles. The van der Waals surface area contributed by atoms with E-state index in [1.165, 1.54) is 24.3 Å². The molecule has 4 aromatic carbocycles. The Morgan fingerprint density at radius 1 is 0.582 bits per heavy atom. The van der Waals surface area contributed by atoms with Gasteiger partial charge < -0.3 is 45.4 Å². The quantitative estimate of drug-likeness (QED) is 0.0723. The molecule has 0 aliphatic heterocycles. The van der Waals surface area contributed by atoms with Gasteiger partial charge in [0.2, 0.25) is 0 Å². The van der Waals surface area contributed by atoms with Crippen LogP contribution in [0.2, 0.25) is 0 Å². The highest BCUT2D eigenvalue weighted by Gasteiger charge is 2.35. The average Bonchev–Trinajstić information content (AvgIpc) is 3.23. The van der Waals surface area contributed by atoms with E-state index in [4.69, 9.17) is 9.47 Å². The van der Waals surface area contributed by atoms with Gasteiger partial charge in [-0.3, -0.25) is 4.90 Å². The van der Waals surface area contributed by atoms with E-state index in [1.54, 1.807) is 0 Å². The molecule has 0 bridgehead atoms. The molecule has 2 unspecified atom stereocenters. The van der Waals surface area contributed by atoms with Crippen LogP contribution in [0.5, 0.6) is 0 Å². The van der Waals surface area contributed by atoms with Crippen molar-refractivity contribution in [2.24, 2.45) is 0 Å². The molecule has 12 heteroatoms. The molecule has 0 radical (unpaired) electrons. The van der Waals surface area contributed by atoms with Gasteiger partial charge in [0.15, 0.2) is 0 Å². The fraction of sp³-hybridized carbons (Fsp3) is 0.395. The molecule has 0 amide bonds. The fourth-order valence-electron chi connectivity index (χ4n) is 6.72. The summed E-state index contributed by atoms with van der Waals surface area (Å²) in [4.78, 5) is 27.4. The summed E-state index contributed by atoms with van der Waals surface area (Å²) in [5.41, 5.74) is 4.02. The number of hydrogen-bond donors (Lipinski definition) is 7. The molecule has 4 rings (SSSR count). The molecule has 0 aromatic heterocycles. The number of rotatable bonds is 18. The molecule has 0 heterocycles. The van der Waals surface area contributed by atoms with Crippen molar-refractivity contribution >= 4 is 11.9 Å². The Morgan fingerprint density at radius 3 is 1.27 bits per heavy atom. The predicted molar refractivity (Wildman–Crippen MR) is 209 cm³/mol. The van der Waals surface area contributed by atoms with Crippen LogP contribution in [0.25, 0.3) is 0 Å². The van der Waals surface area contributed by atoms with Crippen molar-refractivity contribution in [2.45, 2.75) is 77.4 Å². The van der Waals surface area contributed by atoms with E-state index in [0.717, 1.165) is 17.5 Å². The highest BCUT2D eigenvalue weighted by molar-refractivity contribution is 5.90. The summed E-state index contributed by atoms with van der Waals surface area (Å²) in [7, 11) is 5.73. The van der Waals surface area contributed by atoms with Crippen LogP contribution in [-0.4, -0.2) is 81.8 Å². The minimum Gasteiger partial charge on any atom is -0.460 e. The third kappa shape index (κ3) is 10.6. The molecule has 0 aliphatic rings. The Hall–Kier alpha value is -4.50. The first-order chi connectivity index (χ1) is 26.5. The molecule has 4 aromatic rings.